The van der Waals surface area contributed by atoms with Crippen LogP contribution in [0.2, 0.25) is 0 Å². The Morgan fingerprint density at radius 3 is 2.06 bits per heavy atom. The Hall–Kier alpha value is -2.49. The monoisotopic (exact) mass is 465 g/mol. The molecule has 4 nitrogen and oxygen atoms in total. The number of nitrogens with zero attached hydrogens (tertiary/aromatic N) is 2. The van der Waals surface area contributed by atoms with E-state index in [4.69, 9.17) is 0 Å². The predicted octanol–water partition coefficient (Wildman–Crippen LogP) is 5.17. The lowest BCUT2D eigenvalue weighted by atomic mass is 9.83. The maximum atomic E-state index is 14.5. The van der Waals surface area contributed by atoms with Crippen LogP contribution in [0, 0.1) is 5.82 Å². The van der Waals surface area contributed by atoms with E-state index in [2.05, 4.69) is 14.7 Å². The third-order valence-electron chi connectivity index (χ3n) is 4.80. The van der Waals surface area contributed by atoms with Crippen molar-refractivity contribution in [2.45, 2.75) is 43.7 Å². The molecule has 3 rings (SSSR count). The maximum absolute atomic E-state index is 14.5. The second-order valence-corrected chi connectivity index (χ2v) is 10.3. The zero-order valence-electron chi connectivity index (χ0n) is 17.8. The molecule has 3 aromatic rings. The Morgan fingerprint density at radius 1 is 0.906 bits per heavy atom. The summed E-state index contributed by atoms with van der Waals surface area (Å²) in [6.07, 6.45) is -1.85. The molecule has 1 N–H and O–H groups in total. The summed E-state index contributed by atoms with van der Waals surface area (Å²) in [5.41, 5.74) is -2.10. The first-order chi connectivity index (χ1) is 14.9. The Balaban J connectivity index is 2.31. The molecule has 0 saturated carbocycles. The van der Waals surface area contributed by atoms with Crippen molar-refractivity contribution < 1.29 is 22.1 Å². The summed E-state index contributed by atoms with van der Waals surface area (Å²) in [6, 6.07) is 12.8. The van der Waals surface area contributed by atoms with E-state index in [1.807, 2.05) is 0 Å². The van der Waals surface area contributed by atoms with Gasteiger partial charge in [-0.25, -0.2) is 14.4 Å². The zero-order valence-corrected chi connectivity index (χ0v) is 18.6. The fraction of sp³-hybridized carbons (Fsp3) is 0.304. The molecule has 0 aliphatic carbocycles. The zero-order chi connectivity index (χ0) is 23.6. The van der Waals surface area contributed by atoms with E-state index in [0.717, 1.165) is 17.7 Å². The molecule has 1 unspecified atom stereocenters. The molecule has 2 aromatic carbocycles. The fourth-order valence-corrected chi connectivity index (χ4v) is 4.09. The van der Waals surface area contributed by atoms with E-state index in [-0.39, 0.29) is 17.8 Å². The molecule has 32 heavy (non-hydrogen) atoms. The topological polar surface area (TPSA) is 60.9 Å². The minimum Gasteiger partial charge on any atom is -0.598 e. The van der Waals surface area contributed by atoms with E-state index < -0.39 is 39.2 Å². The van der Waals surface area contributed by atoms with Crippen LogP contribution in [-0.4, -0.2) is 19.3 Å². The molecule has 0 amide bonds. The van der Waals surface area contributed by atoms with Crippen molar-refractivity contribution in [3.63, 3.8) is 0 Å². The first-order valence-electron chi connectivity index (χ1n) is 9.81. The van der Waals surface area contributed by atoms with Gasteiger partial charge in [0.2, 0.25) is 0 Å². The minimum atomic E-state index is -4.77. The number of hydrogen-bond acceptors (Lipinski definition) is 4. The van der Waals surface area contributed by atoms with E-state index in [1.165, 1.54) is 12.4 Å². The van der Waals surface area contributed by atoms with Crippen LogP contribution in [0.4, 0.5) is 17.6 Å². The molecule has 0 radical (unpaired) electrons. The van der Waals surface area contributed by atoms with Gasteiger partial charge in [-0.05, 0) is 56.2 Å². The van der Waals surface area contributed by atoms with Crippen LogP contribution in [0.25, 0.3) is 0 Å². The van der Waals surface area contributed by atoms with Crippen molar-refractivity contribution in [3.8, 4) is 0 Å². The standard InChI is InChI=1S/C23H23F4N3OS/c1-21(2,3)32(31)30-22(20-28-10-7-11-29-20,15-16-8-5-4-6-9-16)17-12-18(23(25,26)27)14-19(24)13-17/h4-14,30H,15H2,1-3H3/t22-,32?/m0/s1. The number of aromatic nitrogens is 2. The fourth-order valence-electron chi connectivity index (χ4n) is 3.18. The van der Waals surface area contributed by atoms with Gasteiger partial charge in [-0.3, -0.25) is 0 Å². The van der Waals surface area contributed by atoms with Gasteiger partial charge in [0.1, 0.15) is 10.6 Å². The Bertz CT molecular complexity index is 1040. The van der Waals surface area contributed by atoms with Crippen molar-refractivity contribution in [1.82, 2.24) is 14.7 Å². The highest BCUT2D eigenvalue weighted by Gasteiger charge is 2.46. The quantitative estimate of drug-likeness (QED) is 0.403. The van der Waals surface area contributed by atoms with Crippen molar-refractivity contribution in [1.29, 1.82) is 0 Å². The summed E-state index contributed by atoms with van der Waals surface area (Å²) in [7, 11) is 0. The summed E-state index contributed by atoms with van der Waals surface area (Å²) in [6.45, 7) is 5.17. The van der Waals surface area contributed by atoms with E-state index in [0.29, 0.717) is 6.07 Å². The van der Waals surface area contributed by atoms with Gasteiger partial charge in [-0.1, -0.05) is 30.3 Å². The second-order valence-electron chi connectivity index (χ2n) is 8.35. The number of hydrogen-bond donors (Lipinski definition) is 1. The number of rotatable bonds is 6. The van der Waals surface area contributed by atoms with Gasteiger partial charge in [0.15, 0.2) is 11.4 Å². The van der Waals surface area contributed by atoms with Crippen LogP contribution < -0.4 is 4.72 Å². The van der Waals surface area contributed by atoms with Gasteiger partial charge in [0, 0.05) is 30.2 Å². The van der Waals surface area contributed by atoms with Gasteiger partial charge >= 0.3 is 6.18 Å². The van der Waals surface area contributed by atoms with Gasteiger partial charge in [0.25, 0.3) is 0 Å². The van der Waals surface area contributed by atoms with Gasteiger partial charge < -0.3 is 4.55 Å². The Kier molecular flexibility index (Phi) is 6.92. The normalized spacial score (nSPS) is 15.2. The van der Waals surface area contributed by atoms with Crippen molar-refractivity contribution in [3.05, 3.63) is 95.3 Å². The first-order valence-corrected chi connectivity index (χ1v) is 11.0. The Labute approximate surface area is 187 Å². The summed E-state index contributed by atoms with van der Waals surface area (Å²) >= 11 is -1.75. The van der Waals surface area contributed by atoms with Crippen LogP contribution in [-0.2, 0) is 29.5 Å². The molecule has 2 atom stereocenters. The smallest absolute Gasteiger partial charge is 0.416 e. The number of nitrogens with one attached hydrogen (secondary N) is 1. The SMILES string of the molecule is CC(C)(C)[S+]([O-])N[C@@](Cc1ccccc1)(c1cc(F)cc(C(F)(F)F)c1)c1ncccn1. The van der Waals surface area contributed by atoms with Crippen LogP contribution in [0.5, 0.6) is 0 Å². The highest BCUT2D eigenvalue weighted by molar-refractivity contribution is 7.90. The summed E-state index contributed by atoms with van der Waals surface area (Å²) in [5.74, 6) is -0.980. The molecule has 1 aromatic heterocycles. The van der Waals surface area contributed by atoms with Gasteiger partial charge in [-0.15, -0.1) is 4.72 Å². The van der Waals surface area contributed by atoms with E-state index in [1.54, 1.807) is 57.2 Å². The average Bonchev–Trinajstić information content (AvgIpc) is 2.73. The highest BCUT2D eigenvalue weighted by atomic mass is 32.2. The molecular weight excluding hydrogens is 442 g/mol. The highest BCUT2D eigenvalue weighted by Crippen LogP contribution is 2.38. The van der Waals surface area contributed by atoms with Crippen LogP contribution >= 0.6 is 0 Å². The van der Waals surface area contributed by atoms with Crippen molar-refractivity contribution >= 4 is 11.4 Å². The summed E-state index contributed by atoms with van der Waals surface area (Å²) in [4.78, 5) is 8.54. The minimum absolute atomic E-state index is 0.0421. The average molecular weight is 466 g/mol. The summed E-state index contributed by atoms with van der Waals surface area (Å²) in [5, 5.41) is 0. The van der Waals surface area contributed by atoms with Gasteiger partial charge in [-0.2, -0.15) is 13.2 Å². The van der Waals surface area contributed by atoms with Crippen molar-refractivity contribution in [2.24, 2.45) is 0 Å². The molecule has 0 aliphatic heterocycles. The molecule has 0 fully saturated rings. The molecule has 0 spiro atoms. The number of halogens is 4. The maximum Gasteiger partial charge on any atom is 0.416 e. The predicted molar refractivity (Wildman–Crippen MR) is 115 cm³/mol. The molecule has 9 heteroatoms. The molecular formula is C23H23F4N3OS. The summed E-state index contributed by atoms with van der Waals surface area (Å²) < 4.78 is 70.5. The Morgan fingerprint density at radius 2 is 1.50 bits per heavy atom. The molecule has 170 valence electrons. The van der Waals surface area contributed by atoms with E-state index >= 15 is 0 Å². The first kappa shape index (κ1) is 24.2. The van der Waals surface area contributed by atoms with Crippen LogP contribution in [0.15, 0.2) is 67.0 Å². The molecule has 0 bridgehead atoms. The van der Waals surface area contributed by atoms with Crippen molar-refractivity contribution in [2.75, 3.05) is 0 Å². The van der Waals surface area contributed by atoms with E-state index in [9.17, 15) is 22.1 Å². The lowest BCUT2D eigenvalue weighted by molar-refractivity contribution is -0.137. The third-order valence-corrected chi connectivity index (χ3v) is 6.45. The van der Waals surface area contributed by atoms with Crippen LogP contribution in [0.3, 0.4) is 0 Å². The molecule has 0 aliphatic rings. The van der Waals surface area contributed by atoms with Gasteiger partial charge in [0.05, 0.1) is 5.56 Å². The number of alkyl halides is 3. The van der Waals surface area contributed by atoms with Crippen LogP contribution in [0.1, 0.15) is 43.3 Å². The second kappa shape index (κ2) is 9.17. The molecule has 0 saturated heterocycles. The third kappa shape index (κ3) is 5.46. The molecule has 1 heterocycles. The lowest BCUT2D eigenvalue weighted by Crippen LogP contribution is -2.54. The number of benzene rings is 2. The lowest BCUT2D eigenvalue weighted by Gasteiger charge is -2.37. The largest absolute Gasteiger partial charge is 0.598 e.